The van der Waals surface area contributed by atoms with Crippen LogP contribution in [0.4, 0.5) is 0 Å². The van der Waals surface area contributed by atoms with Gasteiger partial charge in [0.05, 0.1) is 11.4 Å². The van der Waals surface area contributed by atoms with Gasteiger partial charge in [0.2, 0.25) is 10.0 Å². The first kappa shape index (κ1) is 15.8. The van der Waals surface area contributed by atoms with E-state index in [1.165, 1.54) is 18.6 Å². The molecule has 7 heteroatoms. The summed E-state index contributed by atoms with van der Waals surface area (Å²) in [7, 11) is -3.64. The molecule has 1 unspecified atom stereocenters. The lowest BCUT2D eigenvalue weighted by atomic mass is 10.0. The van der Waals surface area contributed by atoms with Crippen molar-refractivity contribution in [3.8, 4) is 0 Å². The molecule has 0 aromatic heterocycles. The Balaban J connectivity index is 2.00. The zero-order valence-corrected chi connectivity index (χ0v) is 13.0. The molecule has 0 amide bonds. The first-order valence-electron chi connectivity index (χ1n) is 7.03. The number of benzene rings is 1. The van der Waals surface area contributed by atoms with E-state index in [1.54, 1.807) is 12.1 Å². The number of nitrogens with two attached hydrogens (primary N) is 2. The second kappa shape index (κ2) is 6.44. The maximum absolute atomic E-state index is 11.2. The first-order valence-corrected chi connectivity index (χ1v) is 8.57. The lowest BCUT2D eigenvalue weighted by Gasteiger charge is -2.31. The van der Waals surface area contributed by atoms with Crippen molar-refractivity contribution in [2.24, 2.45) is 21.8 Å². The van der Waals surface area contributed by atoms with Crippen LogP contribution in [0.2, 0.25) is 0 Å². The van der Waals surface area contributed by atoms with E-state index in [9.17, 15) is 8.42 Å². The van der Waals surface area contributed by atoms with Crippen LogP contribution in [-0.4, -0.2) is 32.4 Å². The van der Waals surface area contributed by atoms with Crippen LogP contribution in [0.25, 0.3) is 0 Å². The highest BCUT2D eigenvalue weighted by molar-refractivity contribution is 7.89. The SMILES string of the molecule is CC1CCCN(C(N)=NCc2ccc(S(N)(=O)=O)cc2)C1. The summed E-state index contributed by atoms with van der Waals surface area (Å²) in [6.45, 7) is 4.54. The number of aliphatic imine (C=N–C) groups is 1. The third-order valence-corrected chi connectivity index (χ3v) is 4.59. The molecule has 0 aliphatic carbocycles. The van der Waals surface area contributed by atoms with Gasteiger partial charge in [-0.1, -0.05) is 19.1 Å². The zero-order valence-electron chi connectivity index (χ0n) is 12.2. The summed E-state index contributed by atoms with van der Waals surface area (Å²) >= 11 is 0. The molecule has 1 atom stereocenters. The number of piperidine rings is 1. The van der Waals surface area contributed by atoms with Crippen molar-refractivity contribution >= 4 is 16.0 Å². The first-order chi connectivity index (χ1) is 9.86. The molecule has 1 aromatic rings. The van der Waals surface area contributed by atoms with E-state index in [1.807, 2.05) is 0 Å². The number of rotatable bonds is 3. The number of hydrogen-bond donors (Lipinski definition) is 2. The number of hydrogen-bond acceptors (Lipinski definition) is 3. The van der Waals surface area contributed by atoms with Crippen molar-refractivity contribution in [1.29, 1.82) is 0 Å². The molecule has 116 valence electrons. The van der Waals surface area contributed by atoms with Crippen LogP contribution >= 0.6 is 0 Å². The maximum Gasteiger partial charge on any atom is 0.238 e. The Morgan fingerprint density at radius 2 is 2.05 bits per heavy atom. The van der Waals surface area contributed by atoms with Gasteiger partial charge in [-0.2, -0.15) is 0 Å². The molecule has 0 bridgehead atoms. The summed E-state index contributed by atoms with van der Waals surface area (Å²) in [5, 5.41) is 5.06. The van der Waals surface area contributed by atoms with Crippen LogP contribution in [0.3, 0.4) is 0 Å². The topological polar surface area (TPSA) is 102 Å². The fourth-order valence-electron chi connectivity index (χ4n) is 2.45. The molecule has 0 saturated carbocycles. The fraction of sp³-hybridized carbons (Fsp3) is 0.500. The predicted molar refractivity (Wildman–Crippen MR) is 83.1 cm³/mol. The maximum atomic E-state index is 11.2. The summed E-state index contributed by atoms with van der Waals surface area (Å²) in [5.41, 5.74) is 6.92. The van der Waals surface area contributed by atoms with E-state index in [0.29, 0.717) is 18.4 Å². The van der Waals surface area contributed by atoms with Crippen LogP contribution < -0.4 is 10.9 Å². The van der Waals surface area contributed by atoms with Gasteiger partial charge in [-0.15, -0.1) is 0 Å². The van der Waals surface area contributed by atoms with Crippen molar-refractivity contribution in [2.45, 2.75) is 31.2 Å². The quantitative estimate of drug-likeness (QED) is 0.639. The molecule has 0 radical (unpaired) electrons. The molecule has 6 nitrogen and oxygen atoms in total. The number of guanidine groups is 1. The Bertz CT molecular complexity index is 610. The molecule has 1 aliphatic heterocycles. The molecule has 21 heavy (non-hydrogen) atoms. The Labute approximate surface area is 125 Å². The summed E-state index contributed by atoms with van der Waals surface area (Å²) in [5.74, 6) is 1.19. The van der Waals surface area contributed by atoms with E-state index in [0.717, 1.165) is 25.1 Å². The summed E-state index contributed by atoms with van der Waals surface area (Å²) in [6.07, 6.45) is 2.37. The van der Waals surface area contributed by atoms with E-state index in [2.05, 4.69) is 16.8 Å². The molecule has 0 spiro atoms. The standard InChI is InChI=1S/C14H22N4O2S/c1-11-3-2-8-18(10-11)14(15)17-9-12-4-6-13(7-5-12)21(16,19)20/h4-7,11H,2-3,8-10H2,1H3,(H2,15,17)(H2,16,19,20). The van der Waals surface area contributed by atoms with Gasteiger partial charge in [-0.25, -0.2) is 18.5 Å². The summed E-state index contributed by atoms with van der Waals surface area (Å²) < 4.78 is 22.3. The molecule has 1 fully saturated rings. The van der Waals surface area contributed by atoms with Crippen LogP contribution in [0, 0.1) is 5.92 Å². The molecule has 2 rings (SSSR count). The van der Waals surface area contributed by atoms with Gasteiger partial charge in [0, 0.05) is 13.1 Å². The van der Waals surface area contributed by atoms with Gasteiger partial charge in [0.25, 0.3) is 0 Å². The zero-order chi connectivity index (χ0) is 15.5. The highest BCUT2D eigenvalue weighted by Crippen LogP contribution is 2.15. The molecule has 1 heterocycles. The third kappa shape index (κ3) is 4.44. The van der Waals surface area contributed by atoms with Crippen LogP contribution in [0.5, 0.6) is 0 Å². The summed E-state index contributed by atoms with van der Waals surface area (Å²) in [4.78, 5) is 6.59. The Hall–Kier alpha value is -1.60. The lowest BCUT2D eigenvalue weighted by Crippen LogP contribution is -2.43. The van der Waals surface area contributed by atoms with Gasteiger partial charge in [0.1, 0.15) is 0 Å². The van der Waals surface area contributed by atoms with Gasteiger partial charge in [-0.3, -0.25) is 0 Å². The van der Waals surface area contributed by atoms with Crippen molar-refractivity contribution in [3.05, 3.63) is 29.8 Å². The minimum absolute atomic E-state index is 0.105. The average molecular weight is 310 g/mol. The lowest BCUT2D eigenvalue weighted by molar-refractivity contribution is 0.270. The molecule has 4 N–H and O–H groups in total. The predicted octanol–water partition coefficient (Wildman–Crippen LogP) is 0.881. The Kier molecular flexibility index (Phi) is 4.84. The molecule has 1 aliphatic rings. The van der Waals surface area contributed by atoms with Gasteiger partial charge >= 0.3 is 0 Å². The summed E-state index contributed by atoms with van der Waals surface area (Å²) in [6, 6.07) is 6.38. The fourth-order valence-corrected chi connectivity index (χ4v) is 2.97. The normalized spacial score (nSPS) is 20.6. The number of sulfonamides is 1. The Morgan fingerprint density at radius 3 is 2.62 bits per heavy atom. The van der Waals surface area contributed by atoms with E-state index < -0.39 is 10.0 Å². The molecule has 1 saturated heterocycles. The largest absolute Gasteiger partial charge is 0.370 e. The molecular weight excluding hydrogens is 288 g/mol. The third-order valence-electron chi connectivity index (χ3n) is 3.66. The number of nitrogens with zero attached hydrogens (tertiary/aromatic N) is 2. The van der Waals surface area contributed by atoms with Crippen molar-refractivity contribution in [2.75, 3.05) is 13.1 Å². The average Bonchev–Trinajstić information content (AvgIpc) is 2.44. The second-order valence-electron chi connectivity index (χ2n) is 5.56. The minimum Gasteiger partial charge on any atom is -0.370 e. The highest BCUT2D eigenvalue weighted by atomic mass is 32.2. The smallest absolute Gasteiger partial charge is 0.238 e. The van der Waals surface area contributed by atoms with Crippen molar-refractivity contribution < 1.29 is 8.42 Å². The monoisotopic (exact) mass is 310 g/mol. The second-order valence-corrected chi connectivity index (χ2v) is 7.12. The van der Waals surface area contributed by atoms with Gasteiger partial charge in [-0.05, 0) is 36.5 Å². The van der Waals surface area contributed by atoms with Crippen LogP contribution in [0.1, 0.15) is 25.3 Å². The number of primary sulfonamides is 1. The minimum atomic E-state index is -3.64. The van der Waals surface area contributed by atoms with Gasteiger partial charge < -0.3 is 10.6 Å². The number of likely N-dealkylation sites (tertiary alicyclic amines) is 1. The van der Waals surface area contributed by atoms with E-state index in [-0.39, 0.29) is 4.90 Å². The molecule has 1 aromatic carbocycles. The van der Waals surface area contributed by atoms with Crippen molar-refractivity contribution in [3.63, 3.8) is 0 Å². The van der Waals surface area contributed by atoms with Gasteiger partial charge in [0.15, 0.2) is 5.96 Å². The van der Waals surface area contributed by atoms with Crippen LogP contribution in [0.15, 0.2) is 34.2 Å². The van der Waals surface area contributed by atoms with Crippen LogP contribution in [-0.2, 0) is 16.6 Å². The Morgan fingerprint density at radius 1 is 1.38 bits per heavy atom. The van der Waals surface area contributed by atoms with E-state index >= 15 is 0 Å². The highest BCUT2D eigenvalue weighted by Gasteiger charge is 2.17. The molecular formula is C14H22N4O2S. The van der Waals surface area contributed by atoms with Crippen molar-refractivity contribution in [1.82, 2.24) is 4.90 Å². The van der Waals surface area contributed by atoms with E-state index in [4.69, 9.17) is 10.9 Å².